The van der Waals surface area contributed by atoms with Crippen LogP contribution in [-0.2, 0) is 20.9 Å². The number of hydrogen-bond acceptors (Lipinski definition) is 5. The van der Waals surface area contributed by atoms with Gasteiger partial charge in [0.25, 0.3) is 0 Å². The zero-order chi connectivity index (χ0) is 21.4. The van der Waals surface area contributed by atoms with Gasteiger partial charge >= 0.3 is 11.6 Å². The van der Waals surface area contributed by atoms with Crippen molar-refractivity contribution in [2.75, 3.05) is 6.54 Å². The molecule has 1 saturated carbocycles. The Balaban J connectivity index is 1.43. The summed E-state index contributed by atoms with van der Waals surface area (Å²) in [6.07, 6.45) is 3.53. The molecule has 0 unspecified atom stereocenters. The first kappa shape index (κ1) is 20.6. The standard InChI is InChI=1S/C24H29NO5/c1-14-7-8-19-18(11-23(27)30-21(19)9-14)13-29-24(28)17-10-22(26)25(12-17)20-6-4-5-15(2)16(20)3/h7-9,11,15-17,20H,4-6,10,12-13H2,1-3H3/t15-,16+,17+,20+/m0/s1. The van der Waals surface area contributed by atoms with E-state index in [1.807, 2.05) is 24.0 Å². The van der Waals surface area contributed by atoms with E-state index in [4.69, 9.17) is 9.15 Å². The van der Waals surface area contributed by atoms with Gasteiger partial charge in [0, 0.05) is 36.0 Å². The molecule has 30 heavy (non-hydrogen) atoms. The van der Waals surface area contributed by atoms with Gasteiger partial charge in [-0.15, -0.1) is 0 Å². The Morgan fingerprint density at radius 2 is 2.00 bits per heavy atom. The number of nitrogens with zero attached hydrogens (tertiary/aromatic N) is 1. The number of likely N-dealkylation sites (tertiary alicyclic amines) is 1. The van der Waals surface area contributed by atoms with Gasteiger partial charge in [-0.2, -0.15) is 0 Å². The van der Waals surface area contributed by atoms with Crippen molar-refractivity contribution >= 4 is 22.8 Å². The van der Waals surface area contributed by atoms with Gasteiger partial charge in [0.15, 0.2) is 0 Å². The summed E-state index contributed by atoms with van der Waals surface area (Å²) in [5.41, 5.74) is 1.61. The first-order valence-corrected chi connectivity index (χ1v) is 10.8. The van der Waals surface area contributed by atoms with Crippen LogP contribution in [0.25, 0.3) is 11.0 Å². The molecule has 2 heterocycles. The summed E-state index contributed by atoms with van der Waals surface area (Å²) in [5.74, 6) is 0.246. The van der Waals surface area contributed by atoms with Gasteiger partial charge in [0.1, 0.15) is 12.2 Å². The minimum Gasteiger partial charge on any atom is -0.461 e. The lowest BCUT2D eigenvalue weighted by molar-refractivity contribution is -0.149. The molecule has 1 aromatic heterocycles. The summed E-state index contributed by atoms with van der Waals surface area (Å²) in [7, 11) is 0. The molecule has 4 rings (SSSR count). The molecule has 1 saturated heterocycles. The molecular weight excluding hydrogens is 382 g/mol. The van der Waals surface area contributed by atoms with E-state index >= 15 is 0 Å². The molecule has 0 spiro atoms. The summed E-state index contributed by atoms with van der Waals surface area (Å²) in [6, 6.07) is 7.16. The molecule has 1 aliphatic heterocycles. The van der Waals surface area contributed by atoms with E-state index in [1.54, 1.807) is 6.07 Å². The van der Waals surface area contributed by atoms with Gasteiger partial charge in [0.2, 0.25) is 5.91 Å². The van der Waals surface area contributed by atoms with Gasteiger partial charge in [0.05, 0.1) is 5.92 Å². The molecule has 1 amide bonds. The molecule has 2 aromatic rings. The number of esters is 1. The van der Waals surface area contributed by atoms with E-state index < -0.39 is 11.5 Å². The number of ether oxygens (including phenoxy) is 1. The average Bonchev–Trinajstić information content (AvgIpc) is 3.09. The molecule has 4 atom stereocenters. The van der Waals surface area contributed by atoms with Crippen LogP contribution in [0.2, 0.25) is 0 Å². The molecule has 6 nitrogen and oxygen atoms in total. The zero-order valence-corrected chi connectivity index (χ0v) is 17.8. The van der Waals surface area contributed by atoms with E-state index in [0.29, 0.717) is 29.5 Å². The quantitative estimate of drug-likeness (QED) is 0.565. The van der Waals surface area contributed by atoms with Crippen LogP contribution in [0.4, 0.5) is 0 Å². The summed E-state index contributed by atoms with van der Waals surface area (Å²) >= 11 is 0. The normalized spacial score (nSPS) is 26.9. The van der Waals surface area contributed by atoms with Crippen molar-refractivity contribution in [1.82, 2.24) is 4.90 Å². The van der Waals surface area contributed by atoms with Gasteiger partial charge in [-0.3, -0.25) is 9.59 Å². The fourth-order valence-corrected chi connectivity index (χ4v) is 4.93. The second kappa shape index (κ2) is 8.25. The number of aryl methyl sites for hydroxylation is 1. The summed E-state index contributed by atoms with van der Waals surface area (Å²) < 4.78 is 10.8. The van der Waals surface area contributed by atoms with Crippen LogP contribution in [0.3, 0.4) is 0 Å². The predicted octanol–water partition coefficient (Wildman–Crippen LogP) is 3.82. The largest absolute Gasteiger partial charge is 0.461 e. The Hall–Kier alpha value is -2.63. The lowest BCUT2D eigenvalue weighted by atomic mass is 9.77. The van der Waals surface area contributed by atoms with E-state index in [1.165, 1.54) is 12.5 Å². The Bertz CT molecular complexity index is 1030. The van der Waals surface area contributed by atoms with Crippen molar-refractivity contribution in [2.45, 2.75) is 59.1 Å². The maximum atomic E-state index is 12.7. The molecule has 2 fully saturated rings. The molecule has 1 aliphatic carbocycles. The number of rotatable bonds is 4. The molecule has 160 valence electrons. The third kappa shape index (κ3) is 4.00. The number of carbonyl (C=O) groups excluding carboxylic acids is 2. The van der Waals surface area contributed by atoms with Crippen molar-refractivity contribution in [3.8, 4) is 0 Å². The van der Waals surface area contributed by atoms with Gasteiger partial charge in [-0.25, -0.2) is 4.79 Å². The number of carbonyl (C=O) groups is 2. The highest BCUT2D eigenvalue weighted by Crippen LogP contribution is 2.36. The predicted molar refractivity (Wildman–Crippen MR) is 113 cm³/mol. The molecule has 1 aromatic carbocycles. The summed E-state index contributed by atoms with van der Waals surface area (Å²) in [5, 5.41) is 0.752. The van der Waals surface area contributed by atoms with Crippen molar-refractivity contribution in [3.63, 3.8) is 0 Å². The maximum Gasteiger partial charge on any atom is 0.336 e. The first-order chi connectivity index (χ1) is 14.3. The summed E-state index contributed by atoms with van der Waals surface area (Å²) in [4.78, 5) is 39.1. The maximum absolute atomic E-state index is 12.7. The highest BCUT2D eigenvalue weighted by molar-refractivity contribution is 5.87. The molecule has 0 radical (unpaired) electrons. The Labute approximate surface area is 176 Å². The highest BCUT2D eigenvalue weighted by atomic mass is 16.5. The van der Waals surface area contributed by atoms with E-state index in [-0.39, 0.29) is 30.9 Å². The topological polar surface area (TPSA) is 76.8 Å². The van der Waals surface area contributed by atoms with E-state index in [0.717, 1.165) is 23.8 Å². The second-order valence-corrected chi connectivity index (χ2v) is 8.98. The first-order valence-electron chi connectivity index (χ1n) is 10.8. The van der Waals surface area contributed by atoms with Crippen molar-refractivity contribution in [1.29, 1.82) is 0 Å². The number of fused-ring (bicyclic) bond motifs is 1. The Morgan fingerprint density at radius 1 is 1.20 bits per heavy atom. The minimum atomic E-state index is -0.471. The van der Waals surface area contributed by atoms with Crippen LogP contribution in [0.1, 0.15) is 50.7 Å². The van der Waals surface area contributed by atoms with Gasteiger partial charge in [-0.05, 0) is 36.8 Å². The fourth-order valence-electron chi connectivity index (χ4n) is 4.93. The van der Waals surface area contributed by atoms with E-state index in [2.05, 4.69) is 13.8 Å². The van der Waals surface area contributed by atoms with Crippen LogP contribution in [0.5, 0.6) is 0 Å². The molecule has 0 N–H and O–H groups in total. The number of benzene rings is 1. The third-order valence-corrected chi connectivity index (χ3v) is 6.91. The van der Waals surface area contributed by atoms with Crippen molar-refractivity contribution < 1.29 is 18.7 Å². The van der Waals surface area contributed by atoms with Crippen LogP contribution in [0.15, 0.2) is 33.5 Å². The molecule has 6 heteroatoms. The number of hydrogen-bond donors (Lipinski definition) is 0. The van der Waals surface area contributed by atoms with Crippen LogP contribution < -0.4 is 5.63 Å². The van der Waals surface area contributed by atoms with Crippen molar-refractivity contribution in [2.24, 2.45) is 17.8 Å². The monoisotopic (exact) mass is 411 g/mol. The van der Waals surface area contributed by atoms with Crippen molar-refractivity contribution in [3.05, 3.63) is 45.8 Å². The van der Waals surface area contributed by atoms with Crippen LogP contribution in [0, 0.1) is 24.7 Å². The van der Waals surface area contributed by atoms with Crippen LogP contribution in [-0.4, -0.2) is 29.4 Å². The minimum absolute atomic E-state index is 0.00838. The summed E-state index contributed by atoms with van der Waals surface area (Å²) in [6.45, 7) is 6.79. The lowest BCUT2D eigenvalue weighted by Gasteiger charge is -2.39. The zero-order valence-electron chi connectivity index (χ0n) is 17.8. The second-order valence-electron chi connectivity index (χ2n) is 8.98. The van der Waals surface area contributed by atoms with Crippen LogP contribution >= 0.6 is 0 Å². The molecular formula is C24H29NO5. The molecule has 0 bridgehead atoms. The lowest BCUT2D eigenvalue weighted by Crippen LogP contribution is -2.45. The van der Waals surface area contributed by atoms with E-state index in [9.17, 15) is 14.4 Å². The average molecular weight is 411 g/mol. The third-order valence-electron chi connectivity index (χ3n) is 6.91. The highest BCUT2D eigenvalue weighted by Gasteiger charge is 2.42. The van der Waals surface area contributed by atoms with Gasteiger partial charge in [-0.1, -0.05) is 38.8 Å². The Kier molecular flexibility index (Phi) is 5.67. The Morgan fingerprint density at radius 3 is 2.80 bits per heavy atom. The SMILES string of the molecule is Cc1ccc2c(COC(=O)[C@@H]3CC(=O)N([C@@H]4CCC[C@H](C)[C@H]4C)C3)cc(=O)oc2c1. The van der Waals surface area contributed by atoms with Gasteiger partial charge < -0.3 is 14.1 Å². The molecule has 2 aliphatic rings. The fraction of sp³-hybridized carbons (Fsp3) is 0.542. The smallest absolute Gasteiger partial charge is 0.336 e. The number of amides is 1.